The standard InChI is InChI=1S/C19H31N3O2/c1-20-19(22-15-16-9-11-17(23-2)12-10-16)21-13-14-24-18-7-5-3-4-6-8-18/h9-12,18H,3-8,13-15H2,1-2H3,(H2,20,21,22). The number of aliphatic imine (C=N–C) groups is 1. The van der Waals surface area contributed by atoms with E-state index in [1.54, 1.807) is 14.2 Å². The zero-order valence-corrected chi connectivity index (χ0v) is 15.0. The number of hydrogen-bond donors (Lipinski definition) is 2. The van der Waals surface area contributed by atoms with Gasteiger partial charge in [0.25, 0.3) is 0 Å². The fraction of sp³-hybridized carbons (Fsp3) is 0.632. The fourth-order valence-corrected chi connectivity index (χ4v) is 2.95. The number of rotatable bonds is 7. The van der Waals surface area contributed by atoms with E-state index in [2.05, 4.69) is 15.6 Å². The lowest BCUT2D eigenvalue weighted by atomic mass is 10.1. The Morgan fingerprint density at radius 3 is 2.42 bits per heavy atom. The highest BCUT2D eigenvalue weighted by atomic mass is 16.5. The normalized spacial score (nSPS) is 16.5. The van der Waals surface area contributed by atoms with Crippen LogP contribution in [0.25, 0.3) is 0 Å². The monoisotopic (exact) mass is 333 g/mol. The van der Waals surface area contributed by atoms with Crippen molar-refractivity contribution in [1.82, 2.24) is 10.6 Å². The SMILES string of the molecule is CN=C(NCCOC1CCCCCC1)NCc1ccc(OC)cc1. The van der Waals surface area contributed by atoms with Crippen LogP contribution in [0, 0.1) is 0 Å². The molecule has 0 saturated heterocycles. The van der Waals surface area contributed by atoms with Gasteiger partial charge in [-0.1, -0.05) is 37.8 Å². The summed E-state index contributed by atoms with van der Waals surface area (Å²) in [5.74, 6) is 1.67. The predicted octanol–water partition coefficient (Wildman–Crippen LogP) is 3.10. The average Bonchev–Trinajstić information content (AvgIpc) is 2.90. The first-order valence-electron chi connectivity index (χ1n) is 9.01. The summed E-state index contributed by atoms with van der Waals surface area (Å²) in [5, 5.41) is 6.62. The van der Waals surface area contributed by atoms with Crippen LogP contribution in [0.3, 0.4) is 0 Å². The van der Waals surface area contributed by atoms with Crippen LogP contribution < -0.4 is 15.4 Å². The maximum Gasteiger partial charge on any atom is 0.191 e. The number of nitrogens with one attached hydrogen (secondary N) is 2. The zero-order chi connectivity index (χ0) is 17.0. The summed E-state index contributed by atoms with van der Waals surface area (Å²) in [7, 11) is 3.46. The Kier molecular flexibility index (Phi) is 8.46. The maximum atomic E-state index is 5.99. The van der Waals surface area contributed by atoms with E-state index in [0.29, 0.717) is 6.10 Å². The Hall–Kier alpha value is -1.75. The molecular formula is C19H31N3O2. The summed E-state index contributed by atoms with van der Waals surface area (Å²) in [6.45, 7) is 2.24. The second-order valence-electron chi connectivity index (χ2n) is 6.18. The van der Waals surface area contributed by atoms with E-state index in [1.165, 1.54) is 44.1 Å². The van der Waals surface area contributed by atoms with Gasteiger partial charge in [-0.15, -0.1) is 0 Å². The van der Waals surface area contributed by atoms with Crippen LogP contribution >= 0.6 is 0 Å². The summed E-state index contributed by atoms with van der Waals surface area (Å²) in [6, 6.07) is 8.03. The highest BCUT2D eigenvalue weighted by Crippen LogP contribution is 2.19. The molecule has 0 heterocycles. The maximum absolute atomic E-state index is 5.99. The first kappa shape index (κ1) is 18.6. The molecule has 0 radical (unpaired) electrons. The molecule has 2 N–H and O–H groups in total. The van der Waals surface area contributed by atoms with Crippen molar-refractivity contribution in [1.29, 1.82) is 0 Å². The van der Waals surface area contributed by atoms with E-state index in [1.807, 2.05) is 24.3 Å². The zero-order valence-electron chi connectivity index (χ0n) is 15.0. The number of guanidine groups is 1. The molecule has 1 aliphatic rings. The van der Waals surface area contributed by atoms with Crippen molar-refractivity contribution in [2.24, 2.45) is 4.99 Å². The number of nitrogens with zero attached hydrogens (tertiary/aromatic N) is 1. The van der Waals surface area contributed by atoms with Crippen LogP contribution in [-0.4, -0.2) is 39.4 Å². The largest absolute Gasteiger partial charge is 0.497 e. The molecule has 0 atom stereocenters. The molecule has 1 aliphatic carbocycles. The molecule has 5 nitrogen and oxygen atoms in total. The first-order valence-corrected chi connectivity index (χ1v) is 9.01. The summed E-state index contributed by atoms with van der Waals surface area (Å²) >= 11 is 0. The molecule has 0 bridgehead atoms. The average molecular weight is 333 g/mol. The van der Waals surface area contributed by atoms with Crippen molar-refractivity contribution in [3.05, 3.63) is 29.8 Å². The third kappa shape index (κ3) is 6.79. The summed E-state index contributed by atoms with van der Waals surface area (Å²) in [5.41, 5.74) is 1.19. The van der Waals surface area contributed by atoms with Crippen molar-refractivity contribution < 1.29 is 9.47 Å². The molecule has 0 spiro atoms. The molecular weight excluding hydrogens is 302 g/mol. The highest BCUT2D eigenvalue weighted by molar-refractivity contribution is 5.79. The topological polar surface area (TPSA) is 54.9 Å². The molecule has 1 aromatic carbocycles. The van der Waals surface area contributed by atoms with E-state index in [4.69, 9.17) is 9.47 Å². The minimum absolute atomic E-state index is 0.448. The molecule has 24 heavy (non-hydrogen) atoms. The molecule has 0 amide bonds. The van der Waals surface area contributed by atoms with Gasteiger partial charge in [-0.05, 0) is 30.5 Å². The molecule has 0 unspecified atom stereocenters. The van der Waals surface area contributed by atoms with Crippen molar-refractivity contribution >= 4 is 5.96 Å². The Labute approximate surface area is 145 Å². The van der Waals surface area contributed by atoms with Crippen molar-refractivity contribution in [3.63, 3.8) is 0 Å². The van der Waals surface area contributed by atoms with Crippen LogP contribution in [0.1, 0.15) is 44.1 Å². The molecule has 5 heteroatoms. The van der Waals surface area contributed by atoms with E-state index >= 15 is 0 Å². The van der Waals surface area contributed by atoms with Gasteiger partial charge in [-0.3, -0.25) is 4.99 Å². The lowest BCUT2D eigenvalue weighted by Crippen LogP contribution is -2.38. The van der Waals surface area contributed by atoms with Crippen LogP contribution in [0.2, 0.25) is 0 Å². The van der Waals surface area contributed by atoms with Crippen molar-refractivity contribution in [2.75, 3.05) is 27.3 Å². The number of hydrogen-bond acceptors (Lipinski definition) is 3. The molecule has 0 aromatic heterocycles. The minimum atomic E-state index is 0.448. The molecule has 0 aliphatic heterocycles. The lowest BCUT2D eigenvalue weighted by molar-refractivity contribution is 0.0468. The second-order valence-corrected chi connectivity index (χ2v) is 6.18. The van der Waals surface area contributed by atoms with Gasteiger partial charge in [0.15, 0.2) is 5.96 Å². The lowest BCUT2D eigenvalue weighted by Gasteiger charge is -2.17. The van der Waals surface area contributed by atoms with E-state index < -0.39 is 0 Å². The van der Waals surface area contributed by atoms with Crippen molar-refractivity contribution in [2.45, 2.75) is 51.2 Å². The molecule has 2 rings (SSSR count). The Balaban J connectivity index is 1.62. The number of methoxy groups -OCH3 is 1. The molecule has 1 fully saturated rings. The molecule has 1 saturated carbocycles. The number of ether oxygens (including phenoxy) is 2. The van der Waals surface area contributed by atoms with Gasteiger partial charge in [-0.25, -0.2) is 0 Å². The Morgan fingerprint density at radius 2 is 1.79 bits per heavy atom. The Morgan fingerprint density at radius 1 is 1.08 bits per heavy atom. The van der Waals surface area contributed by atoms with Gasteiger partial charge in [0.1, 0.15) is 5.75 Å². The summed E-state index contributed by atoms with van der Waals surface area (Å²) in [4.78, 5) is 4.25. The van der Waals surface area contributed by atoms with Crippen LogP contribution in [0.5, 0.6) is 5.75 Å². The van der Waals surface area contributed by atoms with E-state index in [9.17, 15) is 0 Å². The van der Waals surface area contributed by atoms with Gasteiger partial charge in [0.05, 0.1) is 19.8 Å². The second kappa shape index (κ2) is 10.9. The quantitative estimate of drug-likeness (QED) is 0.348. The molecule has 134 valence electrons. The predicted molar refractivity (Wildman–Crippen MR) is 98.6 cm³/mol. The smallest absolute Gasteiger partial charge is 0.191 e. The summed E-state index contributed by atoms with van der Waals surface area (Å²) in [6.07, 6.45) is 8.21. The van der Waals surface area contributed by atoms with Crippen LogP contribution in [0.15, 0.2) is 29.3 Å². The van der Waals surface area contributed by atoms with Crippen LogP contribution in [0.4, 0.5) is 0 Å². The summed E-state index contributed by atoms with van der Waals surface area (Å²) < 4.78 is 11.2. The minimum Gasteiger partial charge on any atom is -0.497 e. The highest BCUT2D eigenvalue weighted by Gasteiger charge is 2.12. The van der Waals surface area contributed by atoms with Gasteiger partial charge < -0.3 is 20.1 Å². The third-order valence-corrected chi connectivity index (χ3v) is 4.39. The van der Waals surface area contributed by atoms with Gasteiger partial charge in [0, 0.05) is 20.1 Å². The van der Waals surface area contributed by atoms with Gasteiger partial charge >= 0.3 is 0 Å². The first-order chi connectivity index (χ1) is 11.8. The Bertz CT molecular complexity index is 480. The molecule has 1 aromatic rings. The van der Waals surface area contributed by atoms with Crippen molar-refractivity contribution in [3.8, 4) is 5.75 Å². The van der Waals surface area contributed by atoms with Gasteiger partial charge in [0.2, 0.25) is 0 Å². The van der Waals surface area contributed by atoms with Crippen LogP contribution in [-0.2, 0) is 11.3 Å². The number of benzene rings is 1. The van der Waals surface area contributed by atoms with E-state index in [-0.39, 0.29) is 0 Å². The fourth-order valence-electron chi connectivity index (χ4n) is 2.95. The van der Waals surface area contributed by atoms with E-state index in [0.717, 1.165) is 31.4 Å². The third-order valence-electron chi connectivity index (χ3n) is 4.39. The van der Waals surface area contributed by atoms with Gasteiger partial charge in [-0.2, -0.15) is 0 Å².